The maximum atomic E-state index is 10.2. The highest BCUT2D eigenvalue weighted by Crippen LogP contribution is 2.32. The Bertz CT molecular complexity index is 336. The van der Waals surface area contributed by atoms with Crippen LogP contribution in [0.3, 0.4) is 0 Å². The van der Waals surface area contributed by atoms with Crippen molar-refractivity contribution >= 4 is 0 Å². The Morgan fingerprint density at radius 2 is 2.05 bits per heavy atom. The third-order valence-electron chi connectivity index (χ3n) is 4.23. The van der Waals surface area contributed by atoms with Crippen LogP contribution in [0.4, 0.5) is 0 Å². The molecule has 2 heterocycles. The van der Waals surface area contributed by atoms with Gasteiger partial charge in [-0.2, -0.15) is 0 Å². The number of rotatable bonds is 5. The molecule has 0 aromatic rings. The van der Waals surface area contributed by atoms with Gasteiger partial charge in [0.05, 0.1) is 24.9 Å². The van der Waals surface area contributed by atoms with Crippen LogP contribution in [0.2, 0.25) is 0 Å². The lowest BCUT2D eigenvalue weighted by Crippen LogP contribution is -2.47. The molecule has 0 radical (unpaired) electrons. The topological polar surface area (TPSA) is 77.4 Å². The van der Waals surface area contributed by atoms with Crippen LogP contribution >= 0.6 is 0 Å². The predicted molar refractivity (Wildman–Crippen MR) is 75.7 cm³/mol. The monoisotopic (exact) mass is 304 g/mol. The van der Waals surface area contributed by atoms with E-state index in [1.54, 1.807) is 0 Å². The van der Waals surface area contributed by atoms with Crippen molar-refractivity contribution < 1.29 is 29.2 Å². The first kappa shape index (κ1) is 17.1. The SMILES string of the molecule is CC[C@]1(O)CO[C@H](O[C@@H]2CC[C@H](OC(C)C)O[C@H]2C)[C@H]1O. The van der Waals surface area contributed by atoms with Crippen molar-refractivity contribution in [2.75, 3.05) is 6.61 Å². The van der Waals surface area contributed by atoms with Gasteiger partial charge in [-0.3, -0.25) is 0 Å². The molecule has 0 aromatic carbocycles. The lowest BCUT2D eigenvalue weighted by Gasteiger charge is -2.36. The number of aliphatic hydroxyl groups is 2. The predicted octanol–water partition coefficient (Wildman–Crippen LogP) is 1.18. The number of aliphatic hydroxyl groups excluding tert-OH is 1. The summed E-state index contributed by atoms with van der Waals surface area (Å²) in [5.41, 5.74) is -1.22. The van der Waals surface area contributed by atoms with Gasteiger partial charge in [-0.1, -0.05) is 6.92 Å². The summed E-state index contributed by atoms with van der Waals surface area (Å²) in [7, 11) is 0. The second-order valence-electron chi connectivity index (χ2n) is 6.29. The van der Waals surface area contributed by atoms with Crippen molar-refractivity contribution in [3.63, 3.8) is 0 Å². The maximum Gasteiger partial charge on any atom is 0.186 e. The minimum absolute atomic E-state index is 0.0936. The molecule has 124 valence electrons. The maximum absolute atomic E-state index is 10.2. The van der Waals surface area contributed by atoms with Crippen molar-refractivity contribution in [1.82, 2.24) is 0 Å². The van der Waals surface area contributed by atoms with Gasteiger partial charge in [0.15, 0.2) is 12.6 Å². The summed E-state index contributed by atoms with van der Waals surface area (Å²) in [6, 6.07) is 0. The van der Waals surface area contributed by atoms with Crippen LogP contribution in [0.25, 0.3) is 0 Å². The zero-order valence-electron chi connectivity index (χ0n) is 13.3. The molecule has 0 aliphatic carbocycles. The summed E-state index contributed by atoms with van der Waals surface area (Å²) in [6.45, 7) is 7.79. The van der Waals surface area contributed by atoms with E-state index in [9.17, 15) is 10.2 Å². The average Bonchev–Trinajstić information content (AvgIpc) is 2.70. The summed E-state index contributed by atoms with van der Waals surface area (Å²) in [5, 5.41) is 20.3. The molecule has 0 bridgehead atoms. The Morgan fingerprint density at radius 1 is 1.33 bits per heavy atom. The van der Waals surface area contributed by atoms with E-state index in [0.29, 0.717) is 6.42 Å². The minimum Gasteiger partial charge on any atom is -0.385 e. The molecule has 2 N–H and O–H groups in total. The number of hydrogen-bond donors (Lipinski definition) is 2. The molecule has 2 saturated heterocycles. The van der Waals surface area contributed by atoms with E-state index in [4.69, 9.17) is 18.9 Å². The lowest BCUT2D eigenvalue weighted by atomic mass is 9.96. The fraction of sp³-hybridized carbons (Fsp3) is 1.00. The summed E-state index contributed by atoms with van der Waals surface area (Å²) < 4.78 is 22.7. The molecule has 0 spiro atoms. The van der Waals surface area contributed by atoms with E-state index in [1.165, 1.54) is 0 Å². The molecule has 21 heavy (non-hydrogen) atoms. The van der Waals surface area contributed by atoms with Gasteiger partial charge in [-0.25, -0.2) is 0 Å². The highest BCUT2D eigenvalue weighted by molar-refractivity contribution is 4.93. The molecule has 2 aliphatic heterocycles. The fourth-order valence-corrected chi connectivity index (χ4v) is 2.77. The molecule has 6 atom stereocenters. The van der Waals surface area contributed by atoms with E-state index in [1.807, 2.05) is 27.7 Å². The number of ether oxygens (including phenoxy) is 4. The van der Waals surface area contributed by atoms with E-state index in [0.717, 1.165) is 12.8 Å². The Labute approximate surface area is 126 Å². The Balaban J connectivity index is 1.85. The van der Waals surface area contributed by atoms with Gasteiger partial charge in [0.2, 0.25) is 0 Å². The normalized spacial score (nSPS) is 44.4. The molecule has 0 saturated carbocycles. The van der Waals surface area contributed by atoms with E-state index in [-0.39, 0.29) is 31.2 Å². The van der Waals surface area contributed by atoms with Gasteiger partial charge in [0.1, 0.15) is 11.7 Å². The highest BCUT2D eigenvalue weighted by Gasteiger charge is 2.48. The van der Waals surface area contributed by atoms with Gasteiger partial charge < -0.3 is 29.2 Å². The van der Waals surface area contributed by atoms with Crippen LogP contribution in [-0.2, 0) is 18.9 Å². The zero-order valence-corrected chi connectivity index (χ0v) is 13.3. The van der Waals surface area contributed by atoms with Crippen molar-refractivity contribution in [1.29, 1.82) is 0 Å². The first-order valence-electron chi connectivity index (χ1n) is 7.84. The standard InChI is InChI=1S/C15H28O6/c1-5-15(17)8-18-14(13(15)16)21-11-6-7-12(19-9(2)3)20-10(11)4/h9-14,16-17H,5-8H2,1-4H3/t10-,11+,12+,13+,14+,15-/m0/s1. The van der Waals surface area contributed by atoms with Gasteiger partial charge in [0.25, 0.3) is 0 Å². The minimum atomic E-state index is -1.22. The van der Waals surface area contributed by atoms with Gasteiger partial charge in [-0.05, 0) is 33.6 Å². The van der Waals surface area contributed by atoms with Crippen molar-refractivity contribution in [2.45, 2.75) is 89.6 Å². The van der Waals surface area contributed by atoms with E-state index >= 15 is 0 Å². The Hall–Kier alpha value is -0.240. The largest absolute Gasteiger partial charge is 0.385 e. The van der Waals surface area contributed by atoms with Crippen molar-refractivity contribution in [2.24, 2.45) is 0 Å². The molecular formula is C15H28O6. The van der Waals surface area contributed by atoms with Crippen molar-refractivity contribution in [3.8, 4) is 0 Å². The van der Waals surface area contributed by atoms with Gasteiger partial charge >= 0.3 is 0 Å². The Morgan fingerprint density at radius 3 is 2.57 bits per heavy atom. The third-order valence-corrected chi connectivity index (χ3v) is 4.23. The van der Waals surface area contributed by atoms with Gasteiger partial charge in [-0.15, -0.1) is 0 Å². The lowest BCUT2D eigenvalue weighted by molar-refractivity contribution is -0.268. The van der Waals surface area contributed by atoms with Crippen LogP contribution in [0.15, 0.2) is 0 Å². The first-order chi connectivity index (χ1) is 9.85. The molecular weight excluding hydrogens is 276 g/mol. The summed E-state index contributed by atoms with van der Waals surface area (Å²) in [6.07, 6.45) is -0.280. The zero-order chi connectivity index (χ0) is 15.6. The molecule has 6 heteroatoms. The molecule has 0 aromatic heterocycles. The molecule has 2 rings (SSSR count). The van der Waals surface area contributed by atoms with Crippen LogP contribution in [-0.4, -0.2) is 59.4 Å². The Kier molecular flexibility index (Phi) is 5.62. The van der Waals surface area contributed by atoms with Crippen LogP contribution in [0, 0.1) is 0 Å². The molecule has 6 nitrogen and oxygen atoms in total. The fourth-order valence-electron chi connectivity index (χ4n) is 2.77. The summed E-state index contributed by atoms with van der Waals surface area (Å²) >= 11 is 0. The van der Waals surface area contributed by atoms with Crippen LogP contribution < -0.4 is 0 Å². The van der Waals surface area contributed by atoms with Gasteiger partial charge in [0, 0.05) is 6.42 Å². The van der Waals surface area contributed by atoms with E-state index in [2.05, 4.69) is 0 Å². The molecule has 2 aliphatic rings. The second-order valence-corrected chi connectivity index (χ2v) is 6.29. The second kappa shape index (κ2) is 6.89. The van der Waals surface area contributed by atoms with E-state index < -0.39 is 18.0 Å². The average molecular weight is 304 g/mol. The third kappa shape index (κ3) is 3.94. The molecule has 0 amide bonds. The van der Waals surface area contributed by atoms with Crippen LogP contribution in [0.5, 0.6) is 0 Å². The summed E-state index contributed by atoms with van der Waals surface area (Å²) in [5.74, 6) is 0. The quantitative estimate of drug-likeness (QED) is 0.794. The highest BCUT2D eigenvalue weighted by atomic mass is 16.7. The number of hydrogen-bond acceptors (Lipinski definition) is 6. The van der Waals surface area contributed by atoms with Crippen LogP contribution in [0.1, 0.15) is 47.0 Å². The smallest absolute Gasteiger partial charge is 0.186 e. The molecule has 2 fully saturated rings. The molecule has 0 unspecified atom stereocenters. The summed E-state index contributed by atoms with van der Waals surface area (Å²) in [4.78, 5) is 0. The first-order valence-corrected chi connectivity index (χ1v) is 7.84. The van der Waals surface area contributed by atoms with Crippen molar-refractivity contribution in [3.05, 3.63) is 0 Å².